The third kappa shape index (κ3) is 5.95. The van der Waals surface area contributed by atoms with Crippen molar-refractivity contribution in [2.45, 2.75) is 32.8 Å². The number of amides is 1. The fourth-order valence-corrected chi connectivity index (χ4v) is 2.26. The molecule has 25 heavy (non-hydrogen) atoms. The molecule has 0 spiro atoms. The predicted octanol–water partition coefficient (Wildman–Crippen LogP) is 3.83. The minimum atomic E-state index is -0.439. The molecule has 2 aromatic rings. The van der Waals surface area contributed by atoms with E-state index in [2.05, 4.69) is 10.1 Å². The Hall–Kier alpha value is -2.82. The topological polar surface area (TPSA) is 64.6 Å². The lowest BCUT2D eigenvalue weighted by molar-refractivity contribution is -0.115. The number of hydrogen-bond acceptors (Lipinski definition) is 4. The lowest BCUT2D eigenvalue weighted by atomic mass is 10.1. The number of nitrogens with one attached hydrogen (secondary N) is 1. The zero-order valence-corrected chi connectivity index (χ0v) is 15.0. The lowest BCUT2D eigenvalue weighted by Crippen LogP contribution is -2.22. The van der Waals surface area contributed by atoms with Crippen LogP contribution in [0.3, 0.4) is 0 Å². The van der Waals surface area contributed by atoms with Gasteiger partial charge < -0.3 is 14.8 Å². The molecule has 5 nitrogen and oxygen atoms in total. The number of ether oxygens (including phenoxy) is 2. The van der Waals surface area contributed by atoms with Crippen molar-refractivity contribution in [3.8, 4) is 5.75 Å². The second-order valence-electron chi connectivity index (χ2n) is 6.66. The van der Waals surface area contributed by atoms with E-state index in [4.69, 9.17) is 4.74 Å². The van der Waals surface area contributed by atoms with Crippen molar-refractivity contribution in [2.24, 2.45) is 0 Å². The molecule has 2 rings (SSSR count). The van der Waals surface area contributed by atoms with E-state index in [1.807, 2.05) is 45.0 Å². The fourth-order valence-electron chi connectivity index (χ4n) is 2.26. The summed E-state index contributed by atoms with van der Waals surface area (Å²) in [5.74, 6) is 0.166. The molecule has 0 saturated carbocycles. The van der Waals surface area contributed by atoms with Crippen molar-refractivity contribution >= 4 is 17.6 Å². The molecule has 132 valence electrons. The maximum absolute atomic E-state index is 12.2. The standard InChI is InChI=1S/C20H23NO4/c1-20(2,3)25-17-10-8-14(9-11-17)12-18(22)21-16-7-5-6-15(13-16)19(23)24-4/h5-11,13H,12H2,1-4H3,(H,21,22). The molecular weight excluding hydrogens is 318 g/mol. The van der Waals surface area contributed by atoms with E-state index in [1.54, 1.807) is 24.3 Å². The number of carbonyl (C=O) groups is 2. The van der Waals surface area contributed by atoms with Gasteiger partial charge in [0, 0.05) is 5.69 Å². The molecule has 0 aliphatic carbocycles. The molecule has 2 aromatic carbocycles. The first kappa shape index (κ1) is 18.5. The van der Waals surface area contributed by atoms with Gasteiger partial charge in [0.1, 0.15) is 11.4 Å². The van der Waals surface area contributed by atoms with Crippen molar-refractivity contribution in [3.05, 3.63) is 59.7 Å². The molecule has 1 N–H and O–H groups in total. The molecule has 1 amide bonds. The third-order valence-electron chi connectivity index (χ3n) is 3.28. The Morgan fingerprint density at radius 2 is 1.72 bits per heavy atom. The van der Waals surface area contributed by atoms with Crippen LogP contribution in [0.4, 0.5) is 5.69 Å². The summed E-state index contributed by atoms with van der Waals surface area (Å²) in [6, 6.07) is 14.1. The third-order valence-corrected chi connectivity index (χ3v) is 3.28. The van der Waals surface area contributed by atoms with Gasteiger partial charge in [0.05, 0.1) is 19.1 Å². The smallest absolute Gasteiger partial charge is 0.337 e. The van der Waals surface area contributed by atoms with Gasteiger partial charge in [-0.2, -0.15) is 0 Å². The molecule has 0 aromatic heterocycles. The van der Waals surface area contributed by atoms with E-state index in [1.165, 1.54) is 7.11 Å². The Morgan fingerprint density at radius 3 is 2.32 bits per heavy atom. The number of rotatable bonds is 5. The number of anilines is 1. The van der Waals surface area contributed by atoms with Crippen molar-refractivity contribution in [1.82, 2.24) is 0 Å². The Kier molecular flexibility index (Phi) is 5.80. The maximum atomic E-state index is 12.2. The number of methoxy groups -OCH3 is 1. The maximum Gasteiger partial charge on any atom is 0.337 e. The molecule has 0 bridgehead atoms. The molecule has 0 unspecified atom stereocenters. The van der Waals surface area contributed by atoms with Crippen LogP contribution in [0.2, 0.25) is 0 Å². The van der Waals surface area contributed by atoms with E-state index in [-0.39, 0.29) is 17.9 Å². The van der Waals surface area contributed by atoms with E-state index in [9.17, 15) is 9.59 Å². The Morgan fingerprint density at radius 1 is 1.04 bits per heavy atom. The van der Waals surface area contributed by atoms with Gasteiger partial charge in [0.2, 0.25) is 5.91 Å². The molecule has 0 aliphatic heterocycles. The van der Waals surface area contributed by atoms with Crippen molar-refractivity contribution in [3.63, 3.8) is 0 Å². The summed E-state index contributed by atoms with van der Waals surface area (Å²) in [5, 5.41) is 2.78. The summed E-state index contributed by atoms with van der Waals surface area (Å²) < 4.78 is 10.4. The van der Waals surface area contributed by atoms with Crippen LogP contribution in [0.5, 0.6) is 5.75 Å². The van der Waals surface area contributed by atoms with E-state index in [0.29, 0.717) is 11.3 Å². The van der Waals surface area contributed by atoms with Crippen molar-refractivity contribution in [1.29, 1.82) is 0 Å². The molecular formula is C20H23NO4. The zero-order chi connectivity index (χ0) is 18.4. The highest BCUT2D eigenvalue weighted by atomic mass is 16.5. The summed E-state index contributed by atoms with van der Waals surface area (Å²) >= 11 is 0. The van der Waals surface area contributed by atoms with Gasteiger partial charge >= 0.3 is 5.97 Å². The summed E-state index contributed by atoms with van der Waals surface area (Å²) in [7, 11) is 1.32. The minimum Gasteiger partial charge on any atom is -0.488 e. The van der Waals surface area contributed by atoms with Gasteiger partial charge in [0.15, 0.2) is 0 Å². The number of hydrogen-bond donors (Lipinski definition) is 1. The first-order valence-electron chi connectivity index (χ1n) is 8.03. The second-order valence-corrected chi connectivity index (χ2v) is 6.66. The molecule has 5 heteroatoms. The quantitative estimate of drug-likeness (QED) is 0.840. The highest BCUT2D eigenvalue weighted by molar-refractivity contribution is 5.95. The fraction of sp³-hybridized carbons (Fsp3) is 0.300. The van der Waals surface area contributed by atoms with Gasteiger partial charge in [-0.3, -0.25) is 4.79 Å². The monoisotopic (exact) mass is 341 g/mol. The van der Waals surface area contributed by atoms with Crippen LogP contribution < -0.4 is 10.1 Å². The first-order valence-corrected chi connectivity index (χ1v) is 8.03. The highest BCUT2D eigenvalue weighted by Crippen LogP contribution is 2.19. The average Bonchev–Trinajstić information content (AvgIpc) is 2.54. The molecule has 0 fully saturated rings. The SMILES string of the molecule is COC(=O)c1cccc(NC(=O)Cc2ccc(OC(C)(C)C)cc2)c1. The summed E-state index contributed by atoms with van der Waals surface area (Å²) in [4.78, 5) is 23.7. The number of esters is 1. The summed E-state index contributed by atoms with van der Waals surface area (Å²) in [6.07, 6.45) is 0.234. The van der Waals surface area contributed by atoms with Crippen molar-refractivity contribution in [2.75, 3.05) is 12.4 Å². The van der Waals surface area contributed by atoms with Crippen LogP contribution in [-0.2, 0) is 16.0 Å². The van der Waals surface area contributed by atoms with E-state index < -0.39 is 5.97 Å². The number of carbonyl (C=O) groups excluding carboxylic acids is 2. The van der Waals surface area contributed by atoms with E-state index in [0.717, 1.165) is 11.3 Å². The zero-order valence-electron chi connectivity index (χ0n) is 15.0. The predicted molar refractivity (Wildman–Crippen MR) is 96.9 cm³/mol. The van der Waals surface area contributed by atoms with Crippen LogP contribution in [0.15, 0.2) is 48.5 Å². The number of benzene rings is 2. The van der Waals surface area contributed by atoms with Gasteiger partial charge in [-0.05, 0) is 56.7 Å². The average molecular weight is 341 g/mol. The Labute approximate surface area is 148 Å². The van der Waals surface area contributed by atoms with Crippen LogP contribution in [0.1, 0.15) is 36.7 Å². The normalized spacial score (nSPS) is 10.9. The molecule has 0 radical (unpaired) electrons. The molecule has 0 heterocycles. The summed E-state index contributed by atoms with van der Waals surface area (Å²) in [6.45, 7) is 5.95. The molecule has 0 atom stereocenters. The first-order chi connectivity index (χ1) is 11.8. The highest BCUT2D eigenvalue weighted by Gasteiger charge is 2.12. The Bertz CT molecular complexity index is 745. The van der Waals surface area contributed by atoms with Crippen molar-refractivity contribution < 1.29 is 19.1 Å². The van der Waals surface area contributed by atoms with Crippen LogP contribution in [-0.4, -0.2) is 24.6 Å². The minimum absolute atomic E-state index is 0.161. The molecule has 0 saturated heterocycles. The largest absolute Gasteiger partial charge is 0.488 e. The van der Waals surface area contributed by atoms with Gasteiger partial charge in [-0.15, -0.1) is 0 Å². The van der Waals surface area contributed by atoms with Gasteiger partial charge in [-0.1, -0.05) is 18.2 Å². The summed E-state index contributed by atoms with van der Waals surface area (Å²) in [5.41, 5.74) is 1.57. The van der Waals surface area contributed by atoms with Crippen LogP contribution in [0.25, 0.3) is 0 Å². The van der Waals surface area contributed by atoms with Gasteiger partial charge in [-0.25, -0.2) is 4.79 Å². The van der Waals surface area contributed by atoms with Crippen LogP contribution >= 0.6 is 0 Å². The van der Waals surface area contributed by atoms with Crippen LogP contribution in [0, 0.1) is 0 Å². The van der Waals surface area contributed by atoms with E-state index >= 15 is 0 Å². The molecule has 0 aliphatic rings. The Balaban J connectivity index is 1.97. The lowest BCUT2D eigenvalue weighted by Gasteiger charge is -2.21. The second kappa shape index (κ2) is 7.83. The van der Waals surface area contributed by atoms with Gasteiger partial charge in [0.25, 0.3) is 0 Å².